The fourth-order valence-corrected chi connectivity index (χ4v) is 2.98. The Balaban J connectivity index is 2.22. The lowest BCUT2D eigenvalue weighted by Crippen LogP contribution is -1.98. The summed E-state index contributed by atoms with van der Waals surface area (Å²) in [7, 11) is 0. The molecule has 2 N–H and O–H groups in total. The highest BCUT2D eigenvalue weighted by Crippen LogP contribution is 2.37. The van der Waals surface area contributed by atoms with E-state index in [0.717, 1.165) is 16.2 Å². The van der Waals surface area contributed by atoms with Gasteiger partial charge in [0.15, 0.2) is 0 Å². The van der Waals surface area contributed by atoms with Crippen molar-refractivity contribution >= 4 is 40.7 Å². The average molecular weight is 328 g/mol. The van der Waals surface area contributed by atoms with Crippen LogP contribution in [-0.4, -0.2) is 6.61 Å². The van der Waals surface area contributed by atoms with Crippen LogP contribution in [0.4, 0.5) is 5.69 Å². The van der Waals surface area contributed by atoms with Gasteiger partial charge in [0.05, 0.1) is 17.3 Å². The minimum atomic E-state index is 0.639. The lowest BCUT2D eigenvalue weighted by Gasteiger charge is -2.10. The van der Waals surface area contributed by atoms with Gasteiger partial charge in [-0.1, -0.05) is 41.9 Å². The van der Waals surface area contributed by atoms with Crippen LogP contribution < -0.4 is 10.5 Å². The SMILES string of the molecule is CCCOc1cc(Sc2cc(Cl)ccc2Cl)ccc1N. The van der Waals surface area contributed by atoms with E-state index in [1.165, 1.54) is 11.8 Å². The van der Waals surface area contributed by atoms with Crippen molar-refractivity contribution in [3.63, 3.8) is 0 Å². The standard InChI is InChI=1S/C15H15Cl2NOS/c1-2-7-19-14-9-11(4-6-13(14)18)20-15-8-10(16)3-5-12(15)17/h3-6,8-9H,2,7,18H2,1H3. The molecule has 106 valence electrons. The number of halogens is 2. The summed E-state index contributed by atoms with van der Waals surface area (Å²) in [6, 6.07) is 11.1. The Hall–Kier alpha value is -1.03. The maximum Gasteiger partial charge on any atom is 0.143 e. The molecule has 0 atom stereocenters. The third-order valence-corrected chi connectivity index (χ3v) is 4.29. The van der Waals surface area contributed by atoms with Crippen molar-refractivity contribution in [2.24, 2.45) is 0 Å². The molecular weight excluding hydrogens is 313 g/mol. The summed E-state index contributed by atoms with van der Waals surface area (Å²) < 4.78 is 5.62. The van der Waals surface area contributed by atoms with Gasteiger partial charge < -0.3 is 10.5 Å². The predicted octanol–water partition coefficient (Wildman–Crippen LogP) is 5.52. The summed E-state index contributed by atoms with van der Waals surface area (Å²) in [5.74, 6) is 0.704. The van der Waals surface area contributed by atoms with Crippen LogP contribution in [0.3, 0.4) is 0 Å². The Morgan fingerprint density at radius 1 is 1.15 bits per heavy atom. The van der Waals surface area contributed by atoms with Crippen molar-refractivity contribution in [3.8, 4) is 5.75 Å². The first-order valence-corrected chi connectivity index (χ1v) is 7.82. The average Bonchev–Trinajstić information content (AvgIpc) is 2.43. The molecule has 5 heteroatoms. The van der Waals surface area contributed by atoms with Crippen LogP contribution in [0.5, 0.6) is 5.75 Å². The van der Waals surface area contributed by atoms with Gasteiger partial charge in [-0.3, -0.25) is 0 Å². The van der Waals surface area contributed by atoms with Gasteiger partial charge in [0.25, 0.3) is 0 Å². The fourth-order valence-electron chi connectivity index (χ4n) is 1.60. The molecule has 0 aromatic heterocycles. The summed E-state index contributed by atoms with van der Waals surface area (Å²) in [6.07, 6.45) is 0.941. The number of nitrogen functional groups attached to an aromatic ring is 1. The van der Waals surface area contributed by atoms with Gasteiger partial charge in [-0.05, 0) is 42.8 Å². The Bertz CT molecular complexity index is 604. The molecule has 0 unspecified atom stereocenters. The van der Waals surface area contributed by atoms with Crippen molar-refractivity contribution in [2.45, 2.75) is 23.1 Å². The molecule has 2 nitrogen and oxygen atoms in total. The lowest BCUT2D eigenvalue weighted by atomic mass is 10.3. The van der Waals surface area contributed by atoms with Crippen molar-refractivity contribution in [1.29, 1.82) is 0 Å². The van der Waals surface area contributed by atoms with E-state index >= 15 is 0 Å². The number of hydrogen-bond acceptors (Lipinski definition) is 3. The molecular formula is C15H15Cl2NOS. The van der Waals surface area contributed by atoms with E-state index in [-0.39, 0.29) is 0 Å². The van der Waals surface area contributed by atoms with Crippen molar-refractivity contribution < 1.29 is 4.74 Å². The molecule has 0 amide bonds. The van der Waals surface area contributed by atoms with Gasteiger partial charge in [0.2, 0.25) is 0 Å². The Morgan fingerprint density at radius 3 is 2.70 bits per heavy atom. The van der Waals surface area contributed by atoms with E-state index in [9.17, 15) is 0 Å². The molecule has 0 spiro atoms. The van der Waals surface area contributed by atoms with Crippen molar-refractivity contribution in [1.82, 2.24) is 0 Å². The highest BCUT2D eigenvalue weighted by atomic mass is 35.5. The van der Waals surface area contributed by atoms with Gasteiger partial charge in [-0.15, -0.1) is 0 Å². The molecule has 20 heavy (non-hydrogen) atoms. The van der Waals surface area contributed by atoms with Crippen molar-refractivity contribution in [2.75, 3.05) is 12.3 Å². The van der Waals surface area contributed by atoms with Crippen LogP contribution >= 0.6 is 35.0 Å². The van der Waals surface area contributed by atoms with Crippen LogP contribution in [0.2, 0.25) is 10.0 Å². The first kappa shape index (κ1) is 15.4. The van der Waals surface area contributed by atoms with E-state index in [0.29, 0.717) is 28.1 Å². The van der Waals surface area contributed by atoms with Gasteiger partial charge in [0.1, 0.15) is 5.75 Å². The zero-order chi connectivity index (χ0) is 14.5. The minimum absolute atomic E-state index is 0.639. The second kappa shape index (κ2) is 7.11. The smallest absolute Gasteiger partial charge is 0.143 e. The molecule has 0 aliphatic heterocycles. The Labute approximate surface area is 133 Å². The first-order valence-electron chi connectivity index (χ1n) is 6.25. The maximum atomic E-state index is 6.17. The van der Waals surface area contributed by atoms with Crippen LogP contribution in [0.1, 0.15) is 13.3 Å². The zero-order valence-electron chi connectivity index (χ0n) is 11.0. The number of anilines is 1. The minimum Gasteiger partial charge on any atom is -0.491 e. The van der Waals surface area contributed by atoms with Crippen LogP contribution in [0.25, 0.3) is 0 Å². The molecule has 2 aromatic carbocycles. The normalized spacial score (nSPS) is 10.6. The van der Waals surface area contributed by atoms with Gasteiger partial charge >= 0.3 is 0 Å². The number of benzene rings is 2. The number of rotatable bonds is 5. The predicted molar refractivity (Wildman–Crippen MR) is 87.2 cm³/mol. The monoisotopic (exact) mass is 327 g/mol. The summed E-state index contributed by atoms with van der Waals surface area (Å²) in [5.41, 5.74) is 6.54. The van der Waals surface area contributed by atoms with E-state index in [1.54, 1.807) is 12.1 Å². The molecule has 0 fully saturated rings. The van der Waals surface area contributed by atoms with Crippen molar-refractivity contribution in [3.05, 3.63) is 46.4 Å². The Morgan fingerprint density at radius 2 is 1.95 bits per heavy atom. The van der Waals surface area contributed by atoms with E-state index in [1.807, 2.05) is 24.3 Å². The van der Waals surface area contributed by atoms with Crippen LogP contribution in [0, 0.1) is 0 Å². The summed E-state index contributed by atoms with van der Waals surface area (Å²) in [5, 5.41) is 1.34. The number of nitrogens with two attached hydrogens (primary N) is 1. The highest BCUT2D eigenvalue weighted by molar-refractivity contribution is 7.99. The topological polar surface area (TPSA) is 35.2 Å². The lowest BCUT2D eigenvalue weighted by molar-refractivity contribution is 0.318. The molecule has 0 bridgehead atoms. The summed E-state index contributed by atoms with van der Waals surface area (Å²) in [4.78, 5) is 1.92. The zero-order valence-corrected chi connectivity index (χ0v) is 13.4. The van der Waals surface area contributed by atoms with E-state index < -0.39 is 0 Å². The quantitative estimate of drug-likeness (QED) is 0.735. The molecule has 2 rings (SSSR count). The summed E-state index contributed by atoms with van der Waals surface area (Å²) in [6.45, 7) is 2.71. The van der Waals surface area contributed by atoms with E-state index in [4.69, 9.17) is 33.7 Å². The molecule has 0 heterocycles. The van der Waals surface area contributed by atoms with Gasteiger partial charge in [0, 0.05) is 14.8 Å². The fraction of sp³-hybridized carbons (Fsp3) is 0.200. The third-order valence-electron chi connectivity index (χ3n) is 2.57. The number of hydrogen-bond donors (Lipinski definition) is 1. The molecule has 2 aromatic rings. The largest absolute Gasteiger partial charge is 0.491 e. The molecule has 0 aliphatic rings. The van der Waals surface area contributed by atoms with Crippen LogP contribution in [-0.2, 0) is 0 Å². The molecule has 0 saturated heterocycles. The second-order valence-electron chi connectivity index (χ2n) is 4.22. The molecule has 0 aliphatic carbocycles. The van der Waals surface area contributed by atoms with Gasteiger partial charge in [-0.2, -0.15) is 0 Å². The first-order chi connectivity index (χ1) is 9.60. The van der Waals surface area contributed by atoms with Crippen LogP contribution in [0.15, 0.2) is 46.2 Å². The summed E-state index contributed by atoms with van der Waals surface area (Å²) >= 11 is 13.7. The van der Waals surface area contributed by atoms with Gasteiger partial charge in [-0.25, -0.2) is 0 Å². The Kier molecular flexibility index (Phi) is 5.46. The molecule has 0 saturated carbocycles. The highest BCUT2D eigenvalue weighted by Gasteiger charge is 2.07. The third kappa shape index (κ3) is 3.98. The number of ether oxygens (including phenoxy) is 1. The second-order valence-corrected chi connectivity index (χ2v) is 6.18. The molecule has 0 radical (unpaired) electrons. The van der Waals surface area contributed by atoms with E-state index in [2.05, 4.69) is 6.92 Å². The maximum absolute atomic E-state index is 6.17.